The number of nitrogens with one attached hydrogen (secondary N) is 1. The third-order valence-corrected chi connectivity index (χ3v) is 4.41. The summed E-state index contributed by atoms with van der Waals surface area (Å²) in [6.07, 6.45) is 3.76. The average Bonchev–Trinajstić information content (AvgIpc) is 2.44. The van der Waals surface area contributed by atoms with Gasteiger partial charge < -0.3 is 5.32 Å². The molecule has 3 nitrogen and oxygen atoms in total. The maximum atomic E-state index is 12.0. The summed E-state index contributed by atoms with van der Waals surface area (Å²) in [5.41, 5.74) is 1.59. The second-order valence-electron chi connectivity index (χ2n) is 6.02. The number of hydrogen-bond donors (Lipinski definition) is 1. The number of hydrogen-bond acceptors (Lipinski definition) is 2. The van der Waals surface area contributed by atoms with Crippen LogP contribution in [0.5, 0.6) is 0 Å². The first-order valence-electron chi connectivity index (χ1n) is 7.37. The van der Waals surface area contributed by atoms with Gasteiger partial charge >= 0.3 is 0 Å². The van der Waals surface area contributed by atoms with Gasteiger partial charge in [0.05, 0.1) is 18.1 Å². The Morgan fingerprint density at radius 3 is 2.55 bits per heavy atom. The van der Waals surface area contributed by atoms with Gasteiger partial charge in [0.1, 0.15) is 0 Å². The maximum Gasteiger partial charge on any atom is 0.224 e. The zero-order chi connectivity index (χ0) is 14.5. The minimum Gasteiger partial charge on any atom is -0.353 e. The lowest BCUT2D eigenvalue weighted by Crippen LogP contribution is -2.40. The highest BCUT2D eigenvalue weighted by molar-refractivity contribution is 5.78. The Bertz CT molecular complexity index is 501. The van der Waals surface area contributed by atoms with Crippen molar-refractivity contribution in [2.75, 3.05) is 0 Å². The molecule has 1 aromatic carbocycles. The van der Waals surface area contributed by atoms with Crippen molar-refractivity contribution in [1.82, 2.24) is 5.32 Å². The van der Waals surface area contributed by atoms with Gasteiger partial charge in [-0.3, -0.25) is 4.79 Å². The van der Waals surface area contributed by atoms with E-state index < -0.39 is 0 Å². The van der Waals surface area contributed by atoms with Crippen LogP contribution in [0.15, 0.2) is 24.3 Å². The molecule has 0 heterocycles. The lowest BCUT2D eigenvalue weighted by atomic mass is 9.79. The van der Waals surface area contributed by atoms with E-state index in [1.807, 2.05) is 12.1 Å². The molecule has 0 radical (unpaired) electrons. The number of carbonyl (C=O) groups excluding carboxylic acids is 1. The van der Waals surface area contributed by atoms with Crippen LogP contribution in [0.1, 0.15) is 44.2 Å². The second kappa shape index (κ2) is 6.56. The Labute approximate surface area is 121 Å². The van der Waals surface area contributed by atoms with Gasteiger partial charge in [-0.25, -0.2) is 0 Å². The quantitative estimate of drug-likeness (QED) is 0.917. The van der Waals surface area contributed by atoms with Gasteiger partial charge in [0.2, 0.25) is 5.91 Å². The fraction of sp³-hybridized carbons (Fsp3) is 0.529. The predicted octanol–water partition coefficient (Wildman–Crippen LogP) is 3.04. The highest BCUT2D eigenvalue weighted by Crippen LogP contribution is 2.29. The first-order chi connectivity index (χ1) is 9.58. The van der Waals surface area contributed by atoms with Gasteiger partial charge in [0.25, 0.3) is 0 Å². The molecule has 0 saturated heterocycles. The van der Waals surface area contributed by atoms with Gasteiger partial charge in [-0.05, 0) is 48.8 Å². The number of amides is 1. The van der Waals surface area contributed by atoms with E-state index in [4.69, 9.17) is 5.26 Å². The van der Waals surface area contributed by atoms with Gasteiger partial charge in [0.15, 0.2) is 0 Å². The molecule has 3 heteroatoms. The SMILES string of the molecule is CC1CCC(NC(=O)Cc2ccc(C#N)cc2)CC1C. The summed E-state index contributed by atoms with van der Waals surface area (Å²) in [5, 5.41) is 11.9. The summed E-state index contributed by atoms with van der Waals surface area (Å²) in [5.74, 6) is 1.53. The van der Waals surface area contributed by atoms with Crippen LogP contribution in [0, 0.1) is 23.2 Å². The van der Waals surface area contributed by atoms with Crippen molar-refractivity contribution in [1.29, 1.82) is 5.26 Å². The molecule has 1 saturated carbocycles. The predicted molar refractivity (Wildman–Crippen MR) is 79.0 cm³/mol. The van der Waals surface area contributed by atoms with Crippen LogP contribution in [-0.4, -0.2) is 11.9 Å². The Balaban J connectivity index is 1.84. The smallest absolute Gasteiger partial charge is 0.224 e. The number of nitriles is 1. The van der Waals surface area contributed by atoms with Crippen molar-refractivity contribution in [3.63, 3.8) is 0 Å². The molecule has 106 valence electrons. The molecule has 0 bridgehead atoms. The standard InChI is InChI=1S/C17H22N2O/c1-12-3-8-16(9-13(12)2)19-17(20)10-14-4-6-15(11-18)7-5-14/h4-7,12-13,16H,3,8-10H2,1-2H3,(H,19,20). The molecule has 1 aliphatic carbocycles. The fourth-order valence-electron chi connectivity index (χ4n) is 2.84. The molecule has 1 N–H and O–H groups in total. The third-order valence-electron chi connectivity index (χ3n) is 4.41. The Morgan fingerprint density at radius 2 is 1.95 bits per heavy atom. The first-order valence-corrected chi connectivity index (χ1v) is 7.37. The van der Waals surface area contributed by atoms with E-state index in [1.165, 1.54) is 6.42 Å². The first kappa shape index (κ1) is 14.6. The zero-order valence-electron chi connectivity index (χ0n) is 12.2. The second-order valence-corrected chi connectivity index (χ2v) is 6.02. The third kappa shape index (κ3) is 3.84. The monoisotopic (exact) mass is 270 g/mol. The molecule has 0 spiro atoms. The van der Waals surface area contributed by atoms with Crippen molar-refractivity contribution in [2.45, 2.75) is 45.6 Å². The highest BCUT2D eigenvalue weighted by Gasteiger charge is 2.25. The summed E-state index contributed by atoms with van der Waals surface area (Å²) in [4.78, 5) is 12.0. The van der Waals surface area contributed by atoms with E-state index in [-0.39, 0.29) is 5.91 Å². The molecular weight excluding hydrogens is 248 g/mol. The summed E-state index contributed by atoms with van der Waals surface area (Å²) < 4.78 is 0. The normalized spacial score (nSPS) is 25.8. The summed E-state index contributed by atoms with van der Waals surface area (Å²) in [7, 11) is 0. The molecule has 20 heavy (non-hydrogen) atoms. The van der Waals surface area contributed by atoms with Gasteiger partial charge in [-0.2, -0.15) is 5.26 Å². The molecule has 3 unspecified atom stereocenters. The average molecular weight is 270 g/mol. The number of benzene rings is 1. The summed E-state index contributed by atoms with van der Waals surface area (Å²) >= 11 is 0. The van der Waals surface area contributed by atoms with Gasteiger partial charge in [0, 0.05) is 6.04 Å². The lowest BCUT2D eigenvalue weighted by Gasteiger charge is -2.32. The molecule has 1 fully saturated rings. The Hall–Kier alpha value is -1.82. The minimum absolute atomic E-state index is 0.0847. The minimum atomic E-state index is 0.0847. The van der Waals surface area contributed by atoms with Crippen LogP contribution in [0.3, 0.4) is 0 Å². The van der Waals surface area contributed by atoms with Gasteiger partial charge in [-0.15, -0.1) is 0 Å². The van der Waals surface area contributed by atoms with Crippen LogP contribution in [0.2, 0.25) is 0 Å². The van der Waals surface area contributed by atoms with E-state index in [2.05, 4.69) is 25.2 Å². The van der Waals surface area contributed by atoms with Crippen molar-refractivity contribution < 1.29 is 4.79 Å². The van der Waals surface area contributed by atoms with E-state index in [0.717, 1.165) is 24.3 Å². The van der Waals surface area contributed by atoms with E-state index >= 15 is 0 Å². The van der Waals surface area contributed by atoms with Crippen LogP contribution in [-0.2, 0) is 11.2 Å². The van der Waals surface area contributed by atoms with Crippen LogP contribution in [0.4, 0.5) is 0 Å². The lowest BCUT2D eigenvalue weighted by molar-refractivity contribution is -0.121. The number of rotatable bonds is 3. The van der Waals surface area contributed by atoms with E-state index in [0.29, 0.717) is 23.9 Å². The van der Waals surface area contributed by atoms with Crippen LogP contribution in [0.25, 0.3) is 0 Å². The number of nitrogens with zero attached hydrogens (tertiary/aromatic N) is 1. The Morgan fingerprint density at radius 1 is 1.25 bits per heavy atom. The van der Waals surface area contributed by atoms with Crippen molar-refractivity contribution in [3.05, 3.63) is 35.4 Å². The van der Waals surface area contributed by atoms with Gasteiger partial charge in [-0.1, -0.05) is 26.0 Å². The molecule has 1 aliphatic rings. The van der Waals surface area contributed by atoms with E-state index in [1.54, 1.807) is 12.1 Å². The van der Waals surface area contributed by atoms with E-state index in [9.17, 15) is 4.79 Å². The van der Waals surface area contributed by atoms with Crippen molar-refractivity contribution >= 4 is 5.91 Å². The summed E-state index contributed by atoms with van der Waals surface area (Å²) in [6, 6.07) is 9.62. The zero-order valence-corrected chi connectivity index (χ0v) is 12.2. The van der Waals surface area contributed by atoms with Crippen molar-refractivity contribution in [2.24, 2.45) is 11.8 Å². The topological polar surface area (TPSA) is 52.9 Å². The molecule has 0 aliphatic heterocycles. The largest absolute Gasteiger partial charge is 0.353 e. The molecule has 3 atom stereocenters. The highest BCUT2D eigenvalue weighted by atomic mass is 16.1. The van der Waals surface area contributed by atoms with Crippen LogP contribution < -0.4 is 5.32 Å². The summed E-state index contributed by atoms with van der Waals surface area (Å²) in [6.45, 7) is 4.56. The molecule has 1 amide bonds. The Kier molecular flexibility index (Phi) is 4.79. The molecular formula is C17H22N2O. The maximum absolute atomic E-state index is 12.0. The molecule has 2 rings (SSSR count). The number of carbonyl (C=O) groups is 1. The fourth-order valence-corrected chi connectivity index (χ4v) is 2.84. The molecule has 0 aromatic heterocycles. The van der Waals surface area contributed by atoms with Crippen molar-refractivity contribution in [3.8, 4) is 6.07 Å². The molecule has 1 aromatic rings. The van der Waals surface area contributed by atoms with Crippen LogP contribution >= 0.6 is 0 Å².